The highest BCUT2D eigenvalue weighted by molar-refractivity contribution is 9.10. The summed E-state index contributed by atoms with van der Waals surface area (Å²) in [6.07, 6.45) is 1.53. The lowest BCUT2D eigenvalue weighted by Crippen LogP contribution is -2.02. The standard InChI is InChI=1S/C25H12BrN3O5S/c26-17-4-6-23-15(8-17)11-20(25(30)34-23)21-13-35-24(28-21)16(12-27)10-19-5-7-22(33-19)14-2-1-3-18(9-14)29(31)32/h1-11,13H/b16-10+. The fraction of sp³-hybridized carbons (Fsp3) is 0. The Bertz CT molecular complexity index is 1740. The van der Waals surface area contributed by atoms with E-state index in [9.17, 15) is 20.2 Å². The zero-order valence-electron chi connectivity index (χ0n) is 17.6. The number of allylic oxidation sites excluding steroid dienone is 1. The zero-order chi connectivity index (χ0) is 24.5. The summed E-state index contributed by atoms with van der Waals surface area (Å²) < 4.78 is 12.0. The highest BCUT2D eigenvalue weighted by Gasteiger charge is 2.15. The average molecular weight is 546 g/mol. The van der Waals surface area contributed by atoms with Crippen molar-refractivity contribution in [2.24, 2.45) is 0 Å². The summed E-state index contributed by atoms with van der Waals surface area (Å²) >= 11 is 4.62. The molecule has 0 bridgehead atoms. The Hall–Kier alpha value is -4.33. The molecule has 0 N–H and O–H groups in total. The van der Waals surface area contributed by atoms with Gasteiger partial charge in [0.25, 0.3) is 5.69 Å². The van der Waals surface area contributed by atoms with E-state index in [1.165, 1.54) is 29.5 Å². The molecule has 35 heavy (non-hydrogen) atoms. The molecule has 0 fully saturated rings. The van der Waals surface area contributed by atoms with Gasteiger partial charge in [-0.2, -0.15) is 5.26 Å². The number of thiazole rings is 1. The topological polar surface area (TPSA) is 123 Å². The van der Waals surface area contributed by atoms with Gasteiger partial charge < -0.3 is 8.83 Å². The lowest BCUT2D eigenvalue weighted by Gasteiger charge is -2.00. The molecule has 5 aromatic rings. The number of benzene rings is 2. The minimum absolute atomic E-state index is 0.0467. The van der Waals surface area contributed by atoms with Crippen LogP contribution in [0.1, 0.15) is 10.8 Å². The van der Waals surface area contributed by atoms with Crippen LogP contribution in [0.25, 0.3) is 45.2 Å². The molecule has 10 heteroatoms. The lowest BCUT2D eigenvalue weighted by atomic mass is 10.1. The van der Waals surface area contributed by atoms with Crippen molar-refractivity contribution in [1.29, 1.82) is 5.26 Å². The van der Waals surface area contributed by atoms with E-state index in [-0.39, 0.29) is 11.3 Å². The van der Waals surface area contributed by atoms with Gasteiger partial charge in [0, 0.05) is 39.0 Å². The SMILES string of the molecule is N#C/C(=C\c1ccc(-c2cccc([N+](=O)[O-])c2)o1)c1nc(-c2cc3cc(Br)ccc3oc2=O)cs1. The van der Waals surface area contributed by atoms with Crippen LogP contribution in [0, 0.1) is 21.4 Å². The number of aromatic nitrogens is 1. The third-order valence-electron chi connectivity index (χ3n) is 5.08. The summed E-state index contributed by atoms with van der Waals surface area (Å²) in [5, 5.41) is 23.6. The van der Waals surface area contributed by atoms with Gasteiger partial charge in [-0.05, 0) is 36.4 Å². The van der Waals surface area contributed by atoms with Crippen molar-refractivity contribution >= 4 is 55.6 Å². The maximum atomic E-state index is 12.5. The number of fused-ring (bicyclic) bond motifs is 1. The van der Waals surface area contributed by atoms with E-state index < -0.39 is 10.5 Å². The molecule has 0 unspecified atom stereocenters. The highest BCUT2D eigenvalue weighted by Crippen LogP contribution is 2.30. The first-order valence-corrected chi connectivity index (χ1v) is 11.7. The molecule has 0 saturated carbocycles. The first kappa shape index (κ1) is 22.5. The number of halogens is 1. The second-order valence-corrected chi connectivity index (χ2v) is 9.12. The summed E-state index contributed by atoms with van der Waals surface area (Å²) in [7, 11) is 0. The third-order valence-corrected chi connectivity index (χ3v) is 6.45. The van der Waals surface area contributed by atoms with Crippen molar-refractivity contribution in [1.82, 2.24) is 4.98 Å². The third kappa shape index (κ3) is 4.55. The van der Waals surface area contributed by atoms with Crippen molar-refractivity contribution in [3.63, 3.8) is 0 Å². The average Bonchev–Trinajstić information content (AvgIpc) is 3.52. The van der Waals surface area contributed by atoms with E-state index in [1.54, 1.807) is 47.8 Å². The summed E-state index contributed by atoms with van der Waals surface area (Å²) in [5.41, 5.74) is 1.38. The molecular weight excluding hydrogens is 534 g/mol. The van der Waals surface area contributed by atoms with E-state index in [4.69, 9.17) is 8.83 Å². The molecule has 8 nitrogen and oxygen atoms in total. The van der Waals surface area contributed by atoms with Crippen LogP contribution in [0.2, 0.25) is 0 Å². The van der Waals surface area contributed by atoms with Gasteiger partial charge in [-0.15, -0.1) is 11.3 Å². The van der Waals surface area contributed by atoms with Crippen molar-refractivity contribution in [2.45, 2.75) is 0 Å². The van der Waals surface area contributed by atoms with E-state index in [0.29, 0.717) is 38.9 Å². The second-order valence-electron chi connectivity index (χ2n) is 7.35. The summed E-state index contributed by atoms with van der Waals surface area (Å²) in [6.45, 7) is 0. The number of nitro benzene ring substituents is 1. The fourth-order valence-electron chi connectivity index (χ4n) is 3.44. The Morgan fingerprint density at radius 3 is 2.80 bits per heavy atom. The van der Waals surface area contributed by atoms with Gasteiger partial charge >= 0.3 is 5.63 Å². The van der Waals surface area contributed by atoms with Crippen LogP contribution in [0.5, 0.6) is 0 Å². The molecule has 3 heterocycles. The normalized spacial score (nSPS) is 11.5. The molecule has 0 aliphatic carbocycles. The molecule has 0 atom stereocenters. The quantitative estimate of drug-likeness (QED) is 0.102. The number of nitro groups is 1. The van der Waals surface area contributed by atoms with Crippen LogP contribution in [0.15, 0.2) is 84.1 Å². The number of hydrogen-bond acceptors (Lipinski definition) is 8. The largest absolute Gasteiger partial charge is 0.457 e. The lowest BCUT2D eigenvalue weighted by molar-refractivity contribution is -0.384. The van der Waals surface area contributed by atoms with Crippen LogP contribution in [-0.2, 0) is 0 Å². The molecule has 170 valence electrons. The van der Waals surface area contributed by atoms with Crippen LogP contribution in [0.4, 0.5) is 5.69 Å². The molecule has 2 aromatic carbocycles. The first-order valence-electron chi connectivity index (χ1n) is 10.1. The molecule has 5 rings (SSSR count). The number of non-ortho nitro benzene ring substituents is 1. The summed E-state index contributed by atoms with van der Waals surface area (Å²) in [4.78, 5) is 27.5. The molecule has 0 saturated heterocycles. The van der Waals surface area contributed by atoms with Crippen LogP contribution in [-0.4, -0.2) is 9.91 Å². The van der Waals surface area contributed by atoms with E-state index in [2.05, 4.69) is 27.0 Å². The minimum Gasteiger partial charge on any atom is -0.457 e. The van der Waals surface area contributed by atoms with Crippen LogP contribution >= 0.6 is 27.3 Å². The molecule has 0 radical (unpaired) electrons. The van der Waals surface area contributed by atoms with E-state index >= 15 is 0 Å². The Kier molecular flexibility index (Phi) is 5.86. The zero-order valence-corrected chi connectivity index (χ0v) is 20.0. The number of furan rings is 1. The Morgan fingerprint density at radius 2 is 2.00 bits per heavy atom. The Morgan fingerprint density at radius 1 is 1.14 bits per heavy atom. The molecule has 3 aromatic heterocycles. The first-order chi connectivity index (χ1) is 16.9. The van der Waals surface area contributed by atoms with Crippen LogP contribution < -0.4 is 5.63 Å². The fourth-order valence-corrected chi connectivity index (χ4v) is 4.60. The smallest absolute Gasteiger partial charge is 0.345 e. The molecular formula is C25H12BrN3O5S. The maximum absolute atomic E-state index is 12.5. The maximum Gasteiger partial charge on any atom is 0.345 e. The number of rotatable bonds is 5. The van der Waals surface area contributed by atoms with Crippen molar-refractivity contribution in [3.8, 4) is 28.7 Å². The predicted octanol–water partition coefficient (Wildman–Crippen LogP) is 6.91. The van der Waals surface area contributed by atoms with Crippen LogP contribution in [0.3, 0.4) is 0 Å². The van der Waals surface area contributed by atoms with E-state index in [1.807, 2.05) is 6.07 Å². The molecule has 0 amide bonds. The monoisotopic (exact) mass is 545 g/mol. The second kappa shape index (κ2) is 9.13. The van der Waals surface area contributed by atoms with Gasteiger partial charge in [0.1, 0.15) is 28.2 Å². The highest BCUT2D eigenvalue weighted by atomic mass is 79.9. The van der Waals surface area contributed by atoms with Gasteiger partial charge in [-0.3, -0.25) is 10.1 Å². The number of nitrogens with zero attached hydrogens (tertiary/aromatic N) is 3. The van der Waals surface area contributed by atoms with Gasteiger partial charge in [0.05, 0.1) is 21.8 Å². The Labute approximate surface area is 209 Å². The Balaban J connectivity index is 1.47. The summed E-state index contributed by atoms with van der Waals surface area (Å²) in [5.74, 6) is 0.812. The van der Waals surface area contributed by atoms with Gasteiger partial charge in [-0.1, -0.05) is 28.1 Å². The van der Waals surface area contributed by atoms with Crippen molar-refractivity contribution in [2.75, 3.05) is 0 Å². The molecule has 0 aliphatic heterocycles. The van der Waals surface area contributed by atoms with E-state index in [0.717, 1.165) is 9.86 Å². The molecule has 0 spiro atoms. The minimum atomic E-state index is -0.521. The number of hydrogen-bond donors (Lipinski definition) is 0. The van der Waals surface area contributed by atoms with Gasteiger partial charge in [-0.25, -0.2) is 9.78 Å². The summed E-state index contributed by atoms with van der Waals surface area (Å²) in [6, 6.07) is 18.6. The van der Waals surface area contributed by atoms with Gasteiger partial charge in [0.2, 0.25) is 0 Å². The van der Waals surface area contributed by atoms with Crippen molar-refractivity contribution in [3.05, 3.63) is 102 Å². The van der Waals surface area contributed by atoms with Gasteiger partial charge in [0.15, 0.2) is 0 Å². The molecule has 0 aliphatic rings. The number of nitriles is 1. The predicted molar refractivity (Wildman–Crippen MR) is 136 cm³/mol. The van der Waals surface area contributed by atoms with Crippen molar-refractivity contribution < 1.29 is 13.8 Å².